The Kier molecular flexibility index (Phi) is 8.71. The van der Waals surface area contributed by atoms with Gasteiger partial charge in [0.05, 0.1) is 25.4 Å². The molecule has 0 atom stereocenters. The minimum absolute atomic E-state index is 0.0899. The van der Waals surface area contributed by atoms with Crippen LogP contribution in [-0.4, -0.2) is 45.7 Å². The Hall–Kier alpha value is -2.12. The van der Waals surface area contributed by atoms with Gasteiger partial charge in [0.2, 0.25) is 0 Å². The number of esters is 2. The monoisotopic (exact) mass is 462 g/mol. The molecule has 1 fully saturated rings. The minimum Gasteiger partial charge on any atom is -0.508 e. The van der Waals surface area contributed by atoms with Crippen molar-refractivity contribution in [3.8, 4) is 5.75 Å². The summed E-state index contributed by atoms with van der Waals surface area (Å²) < 4.78 is 16.7. The molecule has 1 aliphatic rings. The Balaban J connectivity index is 2.29. The predicted molar refractivity (Wildman–Crippen MR) is 127 cm³/mol. The molecule has 0 amide bonds. The second-order valence-electron chi connectivity index (χ2n) is 10.1. The summed E-state index contributed by atoms with van der Waals surface area (Å²) in [5, 5.41) is 9.70. The molecule has 0 bridgehead atoms. The summed E-state index contributed by atoms with van der Waals surface area (Å²) in [5.41, 5.74) is 1.52. The minimum atomic E-state index is -1.87. The fraction of sp³-hybridized carbons (Fsp3) is 0.600. The maximum absolute atomic E-state index is 12.8. The number of carbonyl (C=O) groups is 2. The largest absolute Gasteiger partial charge is 0.508 e. The molecule has 0 saturated heterocycles. The molecule has 1 saturated carbocycles. The summed E-state index contributed by atoms with van der Waals surface area (Å²) in [4.78, 5) is 25.5. The third-order valence-corrected chi connectivity index (χ3v) is 11.4. The van der Waals surface area contributed by atoms with Crippen molar-refractivity contribution in [2.24, 2.45) is 5.92 Å². The van der Waals surface area contributed by atoms with Crippen LogP contribution in [0.3, 0.4) is 0 Å². The van der Waals surface area contributed by atoms with E-state index in [1.807, 2.05) is 0 Å². The third kappa shape index (κ3) is 6.45. The van der Waals surface area contributed by atoms with Crippen LogP contribution in [0.25, 0.3) is 0 Å². The van der Waals surface area contributed by atoms with Gasteiger partial charge in [0.1, 0.15) is 5.75 Å². The van der Waals surface area contributed by atoms with Crippen LogP contribution in [0.1, 0.15) is 52.0 Å². The molecular formula is C25H38O6Si. The van der Waals surface area contributed by atoms with E-state index >= 15 is 0 Å². The van der Waals surface area contributed by atoms with Gasteiger partial charge in [-0.3, -0.25) is 0 Å². The summed E-state index contributed by atoms with van der Waals surface area (Å²) >= 11 is 0. The lowest BCUT2D eigenvalue weighted by molar-refractivity contribution is -0.140. The number of hydrogen-bond donors (Lipinski definition) is 1. The molecule has 1 aromatic rings. The van der Waals surface area contributed by atoms with Crippen LogP contribution in [0.4, 0.5) is 0 Å². The van der Waals surface area contributed by atoms with Crippen molar-refractivity contribution in [3.63, 3.8) is 0 Å². The van der Waals surface area contributed by atoms with E-state index < -0.39 is 20.3 Å². The van der Waals surface area contributed by atoms with E-state index in [2.05, 4.69) is 33.9 Å². The maximum Gasteiger partial charge on any atom is 0.334 e. The van der Waals surface area contributed by atoms with E-state index in [-0.39, 0.29) is 29.2 Å². The van der Waals surface area contributed by atoms with Crippen molar-refractivity contribution >= 4 is 20.3 Å². The van der Waals surface area contributed by atoms with Crippen LogP contribution in [0.2, 0.25) is 18.1 Å². The van der Waals surface area contributed by atoms with Crippen molar-refractivity contribution in [2.75, 3.05) is 14.2 Å². The second-order valence-corrected chi connectivity index (χ2v) is 14.8. The van der Waals surface area contributed by atoms with E-state index in [0.29, 0.717) is 11.1 Å². The van der Waals surface area contributed by atoms with Gasteiger partial charge in [-0.05, 0) is 67.4 Å². The van der Waals surface area contributed by atoms with E-state index in [1.165, 1.54) is 14.2 Å². The first kappa shape index (κ1) is 26.1. The quantitative estimate of drug-likeness (QED) is 0.342. The number of aromatic hydroxyl groups is 1. The predicted octanol–water partition coefficient (Wildman–Crippen LogP) is 5.16. The highest BCUT2D eigenvalue weighted by molar-refractivity contribution is 6.74. The average Bonchev–Trinajstić information content (AvgIpc) is 2.74. The topological polar surface area (TPSA) is 82.1 Å². The van der Waals surface area contributed by atoms with Gasteiger partial charge < -0.3 is 19.0 Å². The maximum atomic E-state index is 12.8. The van der Waals surface area contributed by atoms with Gasteiger partial charge in [0, 0.05) is 12.5 Å². The molecule has 0 aromatic heterocycles. The standard InChI is InChI=1S/C25H38O6Si/c1-25(2,3)32(6,7)31-20-14-10-18(11-15-20)22(24(28)30-5)21(23(27)29-4)16-17-8-12-19(26)13-9-17/h8-9,12-13,18,20,26H,10-11,14-16H2,1-7H3. The van der Waals surface area contributed by atoms with E-state index in [9.17, 15) is 14.7 Å². The first-order valence-electron chi connectivity index (χ1n) is 11.2. The lowest BCUT2D eigenvalue weighted by atomic mass is 9.79. The van der Waals surface area contributed by atoms with Crippen molar-refractivity contribution in [2.45, 2.75) is 77.1 Å². The summed E-state index contributed by atoms with van der Waals surface area (Å²) in [6.07, 6.45) is 3.58. The molecule has 1 N–H and O–H groups in total. The number of rotatable bonds is 7. The molecule has 7 heteroatoms. The zero-order valence-electron chi connectivity index (χ0n) is 20.5. The number of methoxy groups -OCH3 is 2. The Morgan fingerprint density at radius 3 is 1.97 bits per heavy atom. The second kappa shape index (κ2) is 10.7. The van der Waals surface area contributed by atoms with Crippen LogP contribution >= 0.6 is 0 Å². The zero-order chi connectivity index (χ0) is 24.1. The molecule has 0 radical (unpaired) electrons. The zero-order valence-corrected chi connectivity index (χ0v) is 21.5. The average molecular weight is 463 g/mol. The van der Waals surface area contributed by atoms with Crippen molar-refractivity contribution in [3.05, 3.63) is 41.0 Å². The normalized spacial score (nSPS) is 20.3. The van der Waals surface area contributed by atoms with E-state index in [0.717, 1.165) is 31.2 Å². The summed E-state index contributed by atoms with van der Waals surface area (Å²) in [5.74, 6) is -0.963. The smallest absolute Gasteiger partial charge is 0.334 e. The molecule has 2 rings (SSSR count). The van der Waals surface area contributed by atoms with Gasteiger partial charge in [-0.2, -0.15) is 0 Å². The molecule has 178 valence electrons. The highest BCUT2D eigenvalue weighted by Crippen LogP contribution is 2.41. The summed E-state index contributed by atoms with van der Waals surface area (Å²) in [6, 6.07) is 6.59. The van der Waals surface area contributed by atoms with Crippen molar-refractivity contribution in [1.29, 1.82) is 0 Å². The number of carbonyl (C=O) groups excluding carboxylic acids is 2. The van der Waals surface area contributed by atoms with Crippen LogP contribution in [-0.2, 0) is 29.9 Å². The lowest BCUT2D eigenvalue weighted by Crippen LogP contribution is -2.44. The van der Waals surface area contributed by atoms with Crippen molar-refractivity contribution < 1.29 is 28.6 Å². The number of benzene rings is 1. The van der Waals surface area contributed by atoms with Crippen LogP contribution in [0.5, 0.6) is 5.75 Å². The number of phenolic OH excluding ortho intramolecular Hbond substituents is 1. The fourth-order valence-electron chi connectivity index (χ4n) is 3.93. The van der Waals surface area contributed by atoms with Gasteiger partial charge in [0.15, 0.2) is 8.32 Å². The number of phenols is 1. The molecule has 0 aliphatic heterocycles. The van der Waals surface area contributed by atoms with Gasteiger partial charge in [-0.15, -0.1) is 0 Å². The molecule has 0 heterocycles. The Morgan fingerprint density at radius 2 is 1.50 bits per heavy atom. The van der Waals surface area contributed by atoms with Gasteiger partial charge in [0.25, 0.3) is 0 Å². The highest BCUT2D eigenvalue weighted by atomic mass is 28.4. The van der Waals surface area contributed by atoms with E-state index in [1.54, 1.807) is 24.3 Å². The Bertz CT molecular complexity index is 827. The molecule has 6 nitrogen and oxygen atoms in total. The van der Waals surface area contributed by atoms with Crippen LogP contribution < -0.4 is 0 Å². The molecule has 1 aromatic carbocycles. The summed E-state index contributed by atoms with van der Waals surface area (Å²) in [7, 11) is 0.785. The number of hydrogen-bond acceptors (Lipinski definition) is 6. The first-order valence-corrected chi connectivity index (χ1v) is 14.2. The molecule has 0 unspecified atom stereocenters. The lowest BCUT2D eigenvalue weighted by Gasteiger charge is -2.41. The van der Waals surface area contributed by atoms with Gasteiger partial charge >= 0.3 is 11.9 Å². The molecule has 1 aliphatic carbocycles. The molecular weight excluding hydrogens is 424 g/mol. The Labute approximate surface area is 193 Å². The van der Waals surface area contributed by atoms with Crippen molar-refractivity contribution in [1.82, 2.24) is 0 Å². The van der Waals surface area contributed by atoms with Gasteiger partial charge in [-0.1, -0.05) is 32.9 Å². The molecule has 0 spiro atoms. The van der Waals surface area contributed by atoms with Crippen LogP contribution in [0, 0.1) is 5.92 Å². The fourth-order valence-corrected chi connectivity index (χ4v) is 5.35. The van der Waals surface area contributed by atoms with Gasteiger partial charge in [-0.25, -0.2) is 9.59 Å². The summed E-state index contributed by atoms with van der Waals surface area (Å²) in [6.45, 7) is 11.2. The molecule has 32 heavy (non-hydrogen) atoms. The highest BCUT2D eigenvalue weighted by Gasteiger charge is 2.41. The van der Waals surface area contributed by atoms with Crippen LogP contribution in [0.15, 0.2) is 35.4 Å². The first-order chi connectivity index (χ1) is 14.9. The Morgan fingerprint density at radius 1 is 0.969 bits per heavy atom. The van der Waals surface area contributed by atoms with E-state index in [4.69, 9.17) is 13.9 Å². The SMILES string of the molecule is COC(=O)C(Cc1ccc(O)cc1)=C(C(=O)OC)C1CCC(O[Si](C)(C)C(C)(C)C)CC1. The number of ether oxygens (including phenoxy) is 2. The third-order valence-electron chi connectivity index (χ3n) is 6.83.